The molecule has 1 aliphatic heterocycles. The maximum Gasteiger partial charge on any atom is 0.306 e. The first-order valence-corrected chi connectivity index (χ1v) is 5.76. The van der Waals surface area contributed by atoms with Crippen LogP contribution < -0.4 is 0 Å². The predicted octanol–water partition coefficient (Wildman–Crippen LogP) is 2.76. The standard InChI is InChI=1S/C12H20O2/c1-8(2)12-5-4-9(3)6-10(12)7-11(13)14-12/h8-10H,4-7H2,1-3H3/t9-,10+,12-/m0/s1. The van der Waals surface area contributed by atoms with E-state index in [1.807, 2.05) is 0 Å². The third-order valence-corrected chi connectivity index (χ3v) is 4.10. The molecule has 0 radical (unpaired) electrons. The van der Waals surface area contributed by atoms with E-state index in [4.69, 9.17) is 4.74 Å². The van der Waals surface area contributed by atoms with Crippen LogP contribution >= 0.6 is 0 Å². The molecule has 1 heterocycles. The molecule has 1 saturated carbocycles. The fourth-order valence-corrected chi connectivity index (χ4v) is 3.20. The van der Waals surface area contributed by atoms with Crippen LogP contribution in [0.25, 0.3) is 0 Å². The molecule has 0 bridgehead atoms. The summed E-state index contributed by atoms with van der Waals surface area (Å²) in [5.41, 5.74) is -0.108. The van der Waals surface area contributed by atoms with Crippen LogP contribution in [0.5, 0.6) is 0 Å². The SMILES string of the molecule is CC(C)[C@@]12CC[C@H](C)C[C@@H]1CC(=O)O2. The summed E-state index contributed by atoms with van der Waals surface area (Å²) in [5.74, 6) is 1.74. The first kappa shape index (κ1) is 10.0. The first-order valence-electron chi connectivity index (χ1n) is 5.76. The van der Waals surface area contributed by atoms with Gasteiger partial charge in [0.2, 0.25) is 0 Å². The van der Waals surface area contributed by atoms with E-state index in [9.17, 15) is 4.79 Å². The highest BCUT2D eigenvalue weighted by molar-refractivity contribution is 5.73. The van der Waals surface area contributed by atoms with E-state index >= 15 is 0 Å². The second kappa shape index (κ2) is 3.25. The zero-order valence-electron chi connectivity index (χ0n) is 9.38. The zero-order chi connectivity index (χ0) is 10.3. The van der Waals surface area contributed by atoms with Crippen molar-refractivity contribution in [3.05, 3.63) is 0 Å². The average molecular weight is 196 g/mol. The van der Waals surface area contributed by atoms with E-state index in [0.29, 0.717) is 18.3 Å². The monoisotopic (exact) mass is 196 g/mol. The molecule has 14 heavy (non-hydrogen) atoms. The summed E-state index contributed by atoms with van der Waals surface area (Å²) in [4.78, 5) is 11.4. The normalized spacial score (nSPS) is 42.4. The van der Waals surface area contributed by atoms with Crippen LogP contribution in [-0.2, 0) is 9.53 Å². The van der Waals surface area contributed by atoms with Gasteiger partial charge in [-0.2, -0.15) is 0 Å². The highest BCUT2D eigenvalue weighted by Crippen LogP contribution is 2.49. The molecule has 2 fully saturated rings. The molecule has 0 aromatic heterocycles. The van der Waals surface area contributed by atoms with Crippen LogP contribution in [0.15, 0.2) is 0 Å². The molecular weight excluding hydrogens is 176 g/mol. The van der Waals surface area contributed by atoms with Gasteiger partial charge in [0.15, 0.2) is 0 Å². The van der Waals surface area contributed by atoms with Crippen molar-refractivity contribution in [2.75, 3.05) is 0 Å². The smallest absolute Gasteiger partial charge is 0.306 e. The number of carbonyl (C=O) groups is 1. The Hall–Kier alpha value is -0.530. The van der Waals surface area contributed by atoms with E-state index < -0.39 is 0 Å². The Bertz CT molecular complexity index is 247. The molecule has 0 spiro atoms. The lowest BCUT2D eigenvalue weighted by atomic mass is 9.67. The van der Waals surface area contributed by atoms with Gasteiger partial charge in [0.05, 0.1) is 6.42 Å². The quantitative estimate of drug-likeness (QED) is 0.603. The average Bonchev–Trinajstić information content (AvgIpc) is 2.41. The Labute approximate surface area is 86.0 Å². The number of rotatable bonds is 1. The molecule has 2 aliphatic rings. The van der Waals surface area contributed by atoms with Gasteiger partial charge in [0, 0.05) is 5.92 Å². The third kappa shape index (κ3) is 1.35. The fraction of sp³-hybridized carbons (Fsp3) is 0.917. The summed E-state index contributed by atoms with van der Waals surface area (Å²) in [7, 11) is 0. The fourth-order valence-electron chi connectivity index (χ4n) is 3.20. The number of fused-ring (bicyclic) bond motifs is 1. The van der Waals surface area contributed by atoms with Crippen LogP contribution in [0.4, 0.5) is 0 Å². The van der Waals surface area contributed by atoms with Gasteiger partial charge in [-0.25, -0.2) is 0 Å². The third-order valence-electron chi connectivity index (χ3n) is 4.10. The lowest BCUT2D eigenvalue weighted by Crippen LogP contribution is -2.44. The van der Waals surface area contributed by atoms with Crippen molar-refractivity contribution in [1.29, 1.82) is 0 Å². The summed E-state index contributed by atoms with van der Waals surface area (Å²) < 4.78 is 5.62. The zero-order valence-corrected chi connectivity index (χ0v) is 9.38. The number of esters is 1. The van der Waals surface area contributed by atoms with E-state index in [2.05, 4.69) is 20.8 Å². The van der Waals surface area contributed by atoms with Crippen LogP contribution in [0, 0.1) is 17.8 Å². The largest absolute Gasteiger partial charge is 0.458 e. The Morgan fingerprint density at radius 2 is 2.21 bits per heavy atom. The molecule has 2 heteroatoms. The van der Waals surface area contributed by atoms with Crippen molar-refractivity contribution < 1.29 is 9.53 Å². The highest BCUT2D eigenvalue weighted by atomic mass is 16.6. The molecule has 80 valence electrons. The Balaban J connectivity index is 2.23. The minimum Gasteiger partial charge on any atom is -0.458 e. The Kier molecular flexibility index (Phi) is 2.32. The summed E-state index contributed by atoms with van der Waals surface area (Å²) in [6.07, 6.45) is 4.11. The van der Waals surface area contributed by atoms with Crippen molar-refractivity contribution in [3.63, 3.8) is 0 Å². The minimum absolute atomic E-state index is 0.0257. The van der Waals surface area contributed by atoms with E-state index in [1.54, 1.807) is 0 Å². The molecule has 0 aromatic carbocycles. The van der Waals surface area contributed by atoms with Gasteiger partial charge in [0.1, 0.15) is 5.60 Å². The van der Waals surface area contributed by atoms with Gasteiger partial charge < -0.3 is 4.74 Å². The van der Waals surface area contributed by atoms with Crippen molar-refractivity contribution in [3.8, 4) is 0 Å². The summed E-state index contributed by atoms with van der Waals surface area (Å²) in [5, 5.41) is 0. The van der Waals surface area contributed by atoms with Gasteiger partial charge in [-0.05, 0) is 31.1 Å². The van der Waals surface area contributed by atoms with Gasteiger partial charge in [-0.3, -0.25) is 4.79 Å². The molecular formula is C12H20O2. The second-order valence-electron chi connectivity index (χ2n) is 5.36. The number of ether oxygens (including phenoxy) is 1. The van der Waals surface area contributed by atoms with E-state index in [1.165, 1.54) is 12.8 Å². The molecule has 0 unspecified atom stereocenters. The summed E-state index contributed by atoms with van der Waals surface area (Å²) in [6, 6.07) is 0. The van der Waals surface area contributed by atoms with E-state index in [-0.39, 0.29) is 11.6 Å². The molecule has 0 N–H and O–H groups in total. The van der Waals surface area contributed by atoms with Gasteiger partial charge in [-0.15, -0.1) is 0 Å². The topological polar surface area (TPSA) is 26.3 Å². The lowest BCUT2D eigenvalue weighted by molar-refractivity contribution is -0.157. The number of carbonyl (C=O) groups excluding carboxylic acids is 1. The highest BCUT2D eigenvalue weighted by Gasteiger charge is 2.53. The summed E-state index contributed by atoms with van der Waals surface area (Å²) in [6.45, 7) is 6.65. The van der Waals surface area contributed by atoms with Gasteiger partial charge in [-0.1, -0.05) is 20.8 Å². The Morgan fingerprint density at radius 3 is 2.86 bits per heavy atom. The van der Waals surface area contributed by atoms with Crippen LogP contribution in [0.3, 0.4) is 0 Å². The second-order valence-corrected chi connectivity index (χ2v) is 5.36. The van der Waals surface area contributed by atoms with Crippen LogP contribution in [0.1, 0.15) is 46.5 Å². The lowest BCUT2D eigenvalue weighted by Gasteiger charge is -2.42. The van der Waals surface area contributed by atoms with Crippen molar-refractivity contribution in [1.82, 2.24) is 0 Å². The maximum atomic E-state index is 11.4. The number of hydrogen-bond donors (Lipinski definition) is 0. The molecule has 2 rings (SSSR count). The van der Waals surface area contributed by atoms with Crippen molar-refractivity contribution in [2.24, 2.45) is 17.8 Å². The molecule has 1 saturated heterocycles. The molecule has 0 amide bonds. The first-order chi connectivity index (χ1) is 6.54. The molecule has 3 atom stereocenters. The number of hydrogen-bond acceptors (Lipinski definition) is 2. The van der Waals surface area contributed by atoms with E-state index in [0.717, 1.165) is 12.3 Å². The van der Waals surface area contributed by atoms with Crippen molar-refractivity contribution in [2.45, 2.75) is 52.1 Å². The molecule has 0 aromatic rings. The van der Waals surface area contributed by atoms with Crippen LogP contribution in [0.2, 0.25) is 0 Å². The van der Waals surface area contributed by atoms with Crippen LogP contribution in [-0.4, -0.2) is 11.6 Å². The maximum absolute atomic E-state index is 11.4. The van der Waals surface area contributed by atoms with Crippen molar-refractivity contribution >= 4 is 5.97 Å². The molecule has 1 aliphatic carbocycles. The van der Waals surface area contributed by atoms with Gasteiger partial charge >= 0.3 is 5.97 Å². The Morgan fingerprint density at radius 1 is 1.50 bits per heavy atom. The summed E-state index contributed by atoms with van der Waals surface area (Å²) >= 11 is 0. The molecule has 2 nitrogen and oxygen atoms in total. The minimum atomic E-state index is -0.108. The van der Waals surface area contributed by atoms with Gasteiger partial charge in [0.25, 0.3) is 0 Å². The predicted molar refractivity (Wildman–Crippen MR) is 54.8 cm³/mol.